The predicted octanol–water partition coefficient (Wildman–Crippen LogP) is 0.0380. The zero-order valence-electron chi connectivity index (χ0n) is 14.7. The standard InChI is InChI=1S/C15H20N3O8P/c1-4-6-16-15(21)24-9-11-10(26-27(3,22)23-2)8-13(25-11)18-7-5-12(19)17-14(18)20/h1,5,7,10-11,13H,6,8-9H2,2-3H3,(H,16,21)(H,17,19,20)/t10?,11-,13-,27?/m1/s1. The molecule has 27 heavy (non-hydrogen) atoms. The van der Waals surface area contributed by atoms with Gasteiger partial charge in [-0.15, -0.1) is 6.42 Å². The molecule has 11 nitrogen and oxygen atoms in total. The number of hydrogen-bond acceptors (Lipinski definition) is 8. The first-order chi connectivity index (χ1) is 12.8. The molecule has 1 saturated heterocycles. The maximum Gasteiger partial charge on any atom is 0.407 e. The summed E-state index contributed by atoms with van der Waals surface area (Å²) in [5.41, 5.74) is -1.23. The molecule has 12 heteroatoms. The second-order valence-corrected chi connectivity index (χ2v) is 7.75. The molecular formula is C15H20N3O8P. The minimum atomic E-state index is -3.37. The van der Waals surface area contributed by atoms with Crippen LogP contribution < -0.4 is 16.6 Å². The highest BCUT2D eigenvalue weighted by atomic mass is 31.2. The van der Waals surface area contributed by atoms with Crippen LogP contribution in [-0.2, 0) is 23.1 Å². The van der Waals surface area contributed by atoms with Crippen LogP contribution >= 0.6 is 7.60 Å². The van der Waals surface area contributed by atoms with E-state index >= 15 is 0 Å². The number of aromatic nitrogens is 2. The van der Waals surface area contributed by atoms with Gasteiger partial charge in [0.05, 0.1) is 6.54 Å². The lowest BCUT2D eigenvalue weighted by Crippen LogP contribution is -2.33. The molecule has 2 N–H and O–H groups in total. The number of ether oxygens (including phenoxy) is 2. The number of nitrogens with one attached hydrogen (secondary N) is 2. The summed E-state index contributed by atoms with van der Waals surface area (Å²) in [6.45, 7) is 1.04. The van der Waals surface area contributed by atoms with Crippen LogP contribution in [0.5, 0.6) is 0 Å². The molecule has 2 rings (SSSR count). The number of carbonyl (C=O) groups is 1. The quantitative estimate of drug-likeness (QED) is 0.482. The van der Waals surface area contributed by atoms with Gasteiger partial charge in [-0.2, -0.15) is 0 Å². The summed E-state index contributed by atoms with van der Waals surface area (Å²) in [6.07, 6.45) is 3.24. The van der Waals surface area contributed by atoms with Gasteiger partial charge in [0.15, 0.2) is 0 Å². The van der Waals surface area contributed by atoms with Gasteiger partial charge in [-0.3, -0.25) is 18.9 Å². The summed E-state index contributed by atoms with van der Waals surface area (Å²) >= 11 is 0. The molecule has 0 spiro atoms. The molecule has 1 fully saturated rings. The topological polar surface area (TPSA) is 138 Å². The van der Waals surface area contributed by atoms with Crippen LogP contribution in [0.3, 0.4) is 0 Å². The number of nitrogens with zero attached hydrogens (tertiary/aromatic N) is 1. The van der Waals surface area contributed by atoms with Crippen molar-refractivity contribution in [2.75, 3.05) is 26.9 Å². The van der Waals surface area contributed by atoms with Crippen molar-refractivity contribution in [2.45, 2.75) is 24.9 Å². The summed E-state index contributed by atoms with van der Waals surface area (Å²) < 4.78 is 34.3. The third-order valence-corrected chi connectivity index (χ3v) is 5.03. The van der Waals surface area contributed by atoms with E-state index < -0.39 is 43.4 Å². The Morgan fingerprint density at radius 3 is 2.93 bits per heavy atom. The third-order valence-electron chi connectivity index (χ3n) is 3.71. The van der Waals surface area contributed by atoms with E-state index in [4.69, 9.17) is 24.9 Å². The van der Waals surface area contributed by atoms with Crippen molar-refractivity contribution in [3.05, 3.63) is 33.1 Å². The molecule has 2 heterocycles. The van der Waals surface area contributed by atoms with Crippen molar-refractivity contribution >= 4 is 13.7 Å². The lowest BCUT2D eigenvalue weighted by molar-refractivity contribution is -0.0463. The molecule has 1 aliphatic rings. The Morgan fingerprint density at radius 2 is 2.30 bits per heavy atom. The van der Waals surface area contributed by atoms with Crippen LogP contribution in [0.25, 0.3) is 0 Å². The molecule has 0 radical (unpaired) electrons. The molecule has 0 bridgehead atoms. The minimum absolute atomic E-state index is 0.00643. The molecule has 4 atom stereocenters. The monoisotopic (exact) mass is 401 g/mol. The zero-order chi connectivity index (χ0) is 20.0. The van der Waals surface area contributed by atoms with Crippen molar-refractivity contribution in [3.63, 3.8) is 0 Å². The molecule has 1 aromatic rings. The van der Waals surface area contributed by atoms with Gasteiger partial charge >= 0.3 is 19.4 Å². The summed E-state index contributed by atoms with van der Waals surface area (Å²) in [6, 6.07) is 1.16. The van der Waals surface area contributed by atoms with Gasteiger partial charge in [0.1, 0.15) is 25.0 Å². The molecule has 0 aromatic carbocycles. The normalized spacial score (nSPS) is 24.0. The highest BCUT2D eigenvalue weighted by molar-refractivity contribution is 7.52. The Hall–Kier alpha value is -2.38. The number of aromatic amines is 1. The van der Waals surface area contributed by atoms with Crippen LogP contribution in [0.1, 0.15) is 12.6 Å². The van der Waals surface area contributed by atoms with E-state index in [1.54, 1.807) is 0 Å². The largest absolute Gasteiger partial charge is 0.447 e. The summed E-state index contributed by atoms with van der Waals surface area (Å²) in [5.74, 6) is 2.22. The maximum absolute atomic E-state index is 12.2. The van der Waals surface area contributed by atoms with Crippen LogP contribution in [-0.4, -0.2) is 54.8 Å². The van der Waals surface area contributed by atoms with Gasteiger partial charge in [0.25, 0.3) is 5.56 Å². The maximum atomic E-state index is 12.2. The van der Waals surface area contributed by atoms with E-state index in [2.05, 4.69) is 16.2 Å². The summed E-state index contributed by atoms with van der Waals surface area (Å²) in [4.78, 5) is 36.8. The number of hydrogen-bond donors (Lipinski definition) is 2. The Morgan fingerprint density at radius 1 is 1.56 bits per heavy atom. The SMILES string of the molecule is C#CCNC(=O)OC[C@H]1O[C@@H](n2ccc(=O)[nH]c2=O)CC1OP(C)(=O)OC. The van der Waals surface area contributed by atoms with Gasteiger partial charge in [-0.05, 0) is 0 Å². The lowest BCUT2D eigenvalue weighted by atomic mass is 10.2. The van der Waals surface area contributed by atoms with Gasteiger partial charge in [-0.1, -0.05) is 5.92 Å². The Bertz CT molecular complexity index is 873. The van der Waals surface area contributed by atoms with E-state index in [-0.39, 0.29) is 19.6 Å². The highest BCUT2D eigenvalue weighted by Crippen LogP contribution is 2.47. The van der Waals surface area contributed by atoms with Crippen LogP contribution in [0.4, 0.5) is 4.79 Å². The van der Waals surface area contributed by atoms with Crippen LogP contribution in [0, 0.1) is 12.3 Å². The molecule has 148 valence electrons. The van der Waals surface area contributed by atoms with Gasteiger partial charge in [-0.25, -0.2) is 9.59 Å². The van der Waals surface area contributed by atoms with E-state index in [1.807, 2.05) is 0 Å². The van der Waals surface area contributed by atoms with Crippen molar-refractivity contribution in [1.82, 2.24) is 14.9 Å². The number of rotatable bonds is 7. The Balaban J connectivity index is 2.14. The van der Waals surface area contributed by atoms with Crippen LogP contribution in [0.2, 0.25) is 0 Å². The van der Waals surface area contributed by atoms with E-state index in [0.717, 1.165) is 10.6 Å². The smallest absolute Gasteiger partial charge is 0.407 e. The number of H-pyrrole nitrogens is 1. The lowest BCUT2D eigenvalue weighted by Gasteiger charge is -2.21. The molecule has 1 amide bonds. The average Bonchev–Trinajstić information content (AvgIpc) is 2.99. The third kappa shape index (κ3) is 5.80. The first-order valence-electron chi connectivity index (χ1n) is 7.88. The molecule has 2 unspecified atom stereocenters. The first-order valence-corrected chi connectivity index (χ1v) is 9.87. The summed E-state index contributed by atoms with van der Waals surface area (Å²) in [5, 5.41) is 2.32. The minimum Gasteiger partial charge on any atom is -0.447 e. The first kappa shape index (κ1) is 20.9. The van der Waals surface area contributed by atoms with E-state index in [9.17, 15) is 18.9 Å². The second kappa shape index (κ2) is 9.01. The van der Waals surface area contributed by atoms with Gasteiger partial charge < -0.3 is 23.8 Å². The fourth-order valence-corrected chi connectivity index (χ4v) is 3.21. The molecule has 1 aromatic heterocycles. The second-order valence-electron chi connectivity index (χ2n) is 5.64. The fraction of sp³-hybridized carbons (Fsp3) is 0.533. The zero-order valence-corrected chi connectivity index (χ0v) is 15.6. The van der Waals surface area contributed by atoms with E-state index in [0.29, 0.717) is 0 Å². The Kier molecular flexibility index (Phi) is 6.98. The van der Waals surface area contributed by atoms with E-state index in [1.165, 1.54) is 20.0 Å². The average molecular weight is 401 g/mol. The van der Waals surface area contributed by atoms with Crippen molar-refractivity contribution in [3.8, 4) is 12.3 Å². The van der Waals surface area contributed by atoms with Crippen molar-refractivity contribution < 1.29 is 27.9 Å². The number of amides is 1. The molecular weight excluding hydrogens is 381 g/mol. The van der Waals surface area contributed by atoms with Crippen LogP contribution in [0.15, 0.2) is 21.9 Å². The Labute approximate surface area is 154 Å². The number of alkyl carbamates (subject to hydrolysis) is 1. The van der Waals surface area contributed by atoms with Crippen molar-refractivity contribution in [2.24, 2.45) is 0 Å². The number of terminal acetylenes is 1. The highest BCUT2D eigenvalue weighted by Gasteiger charge is 2.41. The number of carbonyl (C=O) groups excluding carboxylic acids is 1. The molecule has 0 aliphatic carbocycles. The molecule has 1 aliphatic heterocycles. The van der Waals surface area contributed by atoms with Gasteiger partial charge in [0, 0.05) is 32.5 Å². The predicted molar refractivity (Wildman–Crippen MR) is 93.4 cm³/mol. The van der Waals surface area contributed by atoms with Crippen molar-refractivity contribution in [1.29, 1.82) is 0 Å². The molecule has 0 saturated carbocycles. The summed E-state index contributed by atoms with van der Waals surface area (Å²) in [7, 11) is -2.14. The fourth-order valence-electron chi connectivity index (χ4n) is 2.41. The van der Waals surface area contributed by atoms with Gasteiger partial charge in [0.2, 0.25) is 0 Å².